The number of aromatic nitrogens is 2. The molecule has 7 heteroatoms. The van der Waals surface area contributed by atoms with Crippen LogP contribution >= 0.6 is 0 Å². The van der Waals surface area contributed by atoms with E-state index in [1.165, 1.54) is 4.31 Å². The number of sulfonamides is 1. The molecule has 1 aromatic rings. The molecule has 0 aromatic carbocycles. The summed E-state index contributed by atoms with van der Waals surface area (Å²) in [4.78, 5) is 0.308. The van der Waals surface area contributed by atoms with Gasteiger partial charge in [0.05, 0.1) is 17.9 Å². The van der Waals surface area contributed by atoms with Gasteiger partial charge in [-0.15, -0.1) is 6.58 Å². The zero-order chi connectivity index (χ0) is 16.0. The van der Waals surface area contributed by atoms with Crippen LogP contribution in [0.15, 0.2) is 17.6 Å². The smallest absolute Gasteiger partial charge is 0.246 e. The molecule has 0 amide bonds. The van der Waals surface area contributed by atoms with E-state index in [0.717, 1.165) is 19.5 Å². The van der Waals surface area contributed by atoms with Crippen LogP contribution in [0.25, 0.3) is 0 Å². The Kier molecular flexibility index (Phi) is 6.57. The molecule has 0 aliphatic rings. The van der Waals surface area contributed by atoms with Gasteiger partial charge in [-0.1, -0.05) is 13.0 Å². The van der Waals surface area contributed by atoms with Crippen molar-refractivity contribution in [2.24, 2.45) is 0 Å². The molecule has 0 atom stereocenters. The number of likely N-dealkylation sites (N-methyl/N-ethyl adjacent to an activating group) is 1. The second kappa shape index (κ2) is 7.72. The fourth-order valence-corrected chi connectivity index (χ4v) is 3.70. The van der Waals surface area contributed by atoms with Crippen molar-refractivity contribution in [2.75, 3.05) is 26.7 Å². The van der Waals surface area contributed by atoms with Crippen LogP contribution in [0.4, 0.5) is 0 Å². The van der Waals surface area contributed by atoms with E-state index in [2.05, 4.69) is 23.9 Å². The number of rotatable bonds is 9. The summed E-state index contributed by atoms with van der Waals surface area (Å²) in [6, 6.07) is 0. The zero-order valence-electron chi connectivity index (χ0n) is 13.4. The van der Waals surface area contributed by atoms with E-state index >= 15 is 0 Å². The summed E-state index contributed by atoms with van der Waals surface area (Å²) in [6.45, 7) is 11.9. The quantitative estimate of drug-likeness (QED) is 0.551. The largest absolute Gasteiger partial charge is 0.315 e. The van der Waals surface area contributed by atoms with Crippen molar-refractivity contribution in [1.82, 2.24) is 19.4 Å². The molecule has 120 valence electrons. The molecular formula is C14H26N4O2S. The normalized spacial score (nSPS) is 12.0. The highest BCUT2D eigenvalue weighted by Gasteiger charge is 2.27. The Bertz CT molecular complexity index is 578. The molecule has 1 heterocycles. The minimum absolute atomic E-state index is 0.282. The van der Waals surface area contributed by atoms with E-state index in [1.54, 1.807) is 31.7 Å². The van der Waals surface area contributed by atoms with E-state index in [1.807, 2.05) is 0 Å². The number of hydrogen-bond acceptors (Lipinski definition) is 4. The van der Waals surface area contributed by atoms with Crippen LogP contribution in [0.3, 0.4) is 0 Å². The van der Waals surface area contributed by atoms with Crippen LogP contribution in [-0.4, -0.2) is 49.2 Å². The van der Waals surface area contributed by atoms with Gasteiger partial charge in [0.25, 0.3) is 0 Å². The predicted octanol–water partition coefficient (Wildman–Crippen LogP) is 1.31. The van der Waals surface area contributed by atoms with Gasteiger partial charge in [0.2, 0.25) is 10.0 Å². The molecule has 0 bridgehead atoms. The number of nitrogens with one attached hydrogen (secondary N) is 1. The summed E-state index contributed by atoms with van der Waals surface area (Å²) in [6.07, 6.45) is 2.64. The van der Waals surface area contributed by atoms with Gasteiger partial charge in [-0.05, 0) is 26.8 Å². The molecular weight excluding hydrogens is 288 g/mol. The maximum Gasteiger partial charge on any atom is 0.246 e. The first-order valence-electron chi connectivity index (χ1n) is 7.18. The Morgan fingerprint density at radius 2 is 2.05 bits per heavy atom. The number of aryl methyl sites for hydroxylation is 1. The van der Waals surface area contributed by atoms with Crippen molar-refractivity contribution >= 4 is 10.0 Å². The molecule has 1 aromatic heterocycles. The minimum Gasteiger partial charge on any atom is -0.315 e. The molecule has 0 unspecified atom stereocenters. The van der Waals surface area contributed by atoms with E-state index in [4.69, 9.17) is 0 Å². The summed E-state index contributed by atoms with van der Waals surface area (Å²) in [5.74, 6) is 0. The molecule has 0 spiro atoms. The van der Waals surface area contributed by atoms with Gasteiger partial charge in [-0.3, -0.25) is 4.68 Å². The molecule has 21 heavy (non-hydrogen) atoms. The van der Waals surface area contributed by atoms with E-state index in [0.29, 0.717) is 22.8 Å². The van der Waals surface area contributed by atoms with Gasteiger partial charge < -0.3 is 5.32 Å². The van der Waals surface area contributed by atoms with Gasteiger partial charge in [-0.25, -0.2) is 8.42 Å². The predicted molar refractivity (Wildman–Crippen MR) is 84.9 cm³/mol. The second-order valence-electron chi connectivity index (χ2n) is 5.05. The third-order valence-electron chi connectivity index (χ3n) is 3.30. The maximum absolute atomic E-state index is 12.6. The summed E-state index contributed by atoms with van der Waals surface area (Å²) in [7, 11) is -1.97. The fraction of sp³-hybridized carbons (Fsp3) is 0.643. The first-order chi connectivity index (χ1) is 9.86. The van der Waals surface area contributed by atoms with Crippen molar-refractivity contribution in [3.63, 3.8) is 0 Å². The standard InChI is InChI=1S/C14H26N4O2S/c1-6-8-15-9-11-18-13(4)14(12(3)16-18)21(19,20)17(5)10-7-2/h7,15H,2,6,8-11H2,1,3-5H3. The number of nitrogens with zero attached hydrogens (tertiary/aromatic N) is 3. The fourth-order valence-electron chi connectivity index (χ4n) is 2.19. The van der Waals surface area contributed by atoms with Gasteiger partial charge in [0.1, 0.15) is 4.90 Å². The summed E-state index contributed by atoms with van der Waals surface area (Å²) in [5.41, 5.74) is 1.22. The Hall–Kier alpha value is -1.18. The topological polar surface area (TPSA) is 67.2 Å². The lowest BCUT2D eigenvalue weighted by molar-refractivity contribution is 0.497. The highest BCUT2D eigenvalue weighted by Crippen LogP contribution is 2.22. The molecule has 1 rings (SSSR count). The molecule has 0 saturated carbocycles. The lowest BCUT2D eigenvalue weighted by Gasteiger charge is -2.15. The third kappa shape index (κ3) is 4.15. The van der Waals surface area contributed by atoms with Crippen molar-refractivity contribution in [2.45, 2.75) is 38.6 Å². The number of hydrogen-bond donors (Lipinski definition) is 1. The SMILES string of the molecule is C=CCN(C)S(=O)(=O)c1c(C)nn(CCNCCC)c1C. The molecule has 0 radical (unpaired) electrons. The molecule has 6 nitrogen and oxygen atoms in total. The summed E-state index contributed by atoms with van der Waals surface area (Å²) in [5, 5.41) is 7.65. The lowest BCUT2D eigenvalue weighted by Crippen LogP contribution is -2.28. The minimum atomic E-state index is -3.52. The highest BCUT2D eigenvalue weighted by atomic mass is 32.2. The van der Waals surface area contributed by atoms with Crippen LogP contribution in [0.2, 0.25) is 0 Å². The van der Waals surface area contributed by atoms with E-state index in [-0.39, 0.29) is 6.54 Å². The van der Waals surface area contributed by atoms with Crippen molar-refractivity contribution in [3.05, 3.63) is 24.0 Å². The second-order valence-corrected chi connectivity index (χ2v) is 7.03. The van der Waals surface area contributed by atoms with Gasteiger partial charge in [-0.2, -0.15) is 9.40 Å². The van der Waals surface area contributed by atoms with E-state index < -0.39 is 10.0 Å². The first-order valence-corrected chi connectivity index (χ1v) is 8.62. The Morgan fingerprint density at radius 3 is 2.62 bits per heavy atom. The average Bonchev–Trinajstić information content (AvgIpc) is 2.70. The van der Waals surface area contributed by atoms with Crippen LogP contribution in [0.1, 0.15) is 24.7 Å². The summed E-state index contributed by atoms with van der Waals surface area (Å²) >= 11 is 0. The van der Waals surface area contributed by atoms with Crippen LogP contribution in [0.5, 0.6) is 0 Å². The van der Waals surface area contributed by atoms with Gasteiger partial charge >= 0.3 is 0 Å². The molecule has 0 fully saturated rings. The maximum atomic E-state index is 12.6. The van der Waals surface area contributed by atoms with Crippen molar-refractivity contribution in [3.8, 4) is 0 Å². The van der Waals surface area contributed by atoms with Crippen molar-refractivity contribution in [1.29, 1.82) is 0 Å². The molecule has 0 aliphatic carbocycles. The van der Waals surface area contributed by atoms with Gasteiger partial charge in [0, 0.05) is 20.1 Å². The summed E-state index contributed by atoms with van der Waals surface area (Å²) < 4.78 is 28.2. The molecule has 0 aliphatic heterocycles. The monoisotopic (exact) mass is 314 g/mol. The Labute approximate surface area is 127 Å². The van der Waals surface area contributed by atoms with Crippen LogP contribution in [-0.2, 0) is 16.6 Å². The highest BCUT2D eigenvalue weighted by molar-refractivity contribution is 7.89. The molecule has 1 N–H and O–H groups in total. The van der Waals surface area contributed by atoms with Crippen molar-refractivity contribution < 1.29 is 8.42 Å². The van der Waals surface area contributed by atoms with Crippen LogP contribution < -0.4 is 5.32 Å². The average molecular weight is 314 g/mol. The van der Waals surface area contributed by atoms with Gasteiger partial charge in [0.15, 0.2) is 0 Å². The zero-order valence-corrected chi connectivity index (χ0v) is 14.2. The Balaban J connectivity index is 2.99. The molecule has 0 saturated heterocycles. The lowest BCUT2D eigenvalue weighted by atomic mass is 10.4. The van der Waals surface area contributed by atoms with E-state index in [9.17, 15) is 8.42 Å². The third-order valence-corrected chi connectivity index (χ3v) is 5.37. The van der Waals surface area contributed by atoms with Crippen LogP contribution in [0, 0.1) is 13.8 Å². The first kappa shape index (κ1) is 17.9. The Morgan fingerprint density at radius 1 is 1.38 bits per heavy atom.